The van der Waals surface area contributed by atoms with Gasteiger partial charge in [-0.1, -0.05) is 48.5 Å². The van der Waals surface area contributed by atoms with Gasteiger partial charge in [0, 0.05) is 37.8 Å². The largest absolute Gasteiger partial charge is 0.473 e. The van der Waals surface area contributed by atoms with E-state index in [1.165, 1.54) is 29.3 Å². The first-order valence-electron chi connectivity index (χ1n) is 11.1. The number of urea groups is 1. The molecule has 1 atom stereocenters. The van der Waals surface area contributed by atoms with Crippen LogP contribution in [0.5, 0.6) is 5.88 Å². The van der Waals surface area contributed by atoms with Crippen LogP contribution in [0.4, 0.5) is 23.7 Å². The first-order valence-corrected chi connectivity index (χ1v) is 11.1. The van der Waals surface area contributed by atoms with E-state index in [0.29, 0.717) is 18.2 Å². The zero-order valence-electron chi connectivity index (χ0n) is 18.8. The highest BCUT2D eigenvalue weighted by Crippen LogP contribution is 2.35. The molecule has 1 aromatic heterocycles. The van der Waals surface area contributed by atoms with Gasteiger partial charge >= 0.3 is 12.2 Å². The van der Waals surface area contributed by atoms with E-state index in [0.717, 1.165) is 11.6 Å². The van der Waals surface area contributed by atoms with Crippen LogP contribution in [0, 0.1) is 0 Å². The number of piperazine rings is 1. The molecular formula is C25H25F3N4O3. The zero-order valence-corrected chi connectivity index (χ0v) is 18.8. The maximum atomic E-state index is 13.3. The Labute approximate surface area is 200 Å². The fourth-order valence-electron chi connectivity index (χ4n) is 3.82. The molecule has 0 saturated carbocycles. The molecule has 1 unspecified atom stereocenters. The fourth-order valence-corrected chi connectivity index (χ4v) is 3.82. The number of ether oxygens (including phenoxy) is 1. The van der Waals surface area contributed by atoms with Crippen LogP contribution in [0.3, 0.4) is 0 Å². The highest BCUT2D eigenvalue weighted by molar-refractivity contribution is 5.89. The van der Waals surface area contributed by atoms with Gasteiger partial charge in [0.25, 0.3) is 0 Å². The summed E-state index contributed by atoms with van der Waals surface area (Å²) in [5, 5.41) is 13.3. The number of nitrogens with zero attached hydrogens (tertiary/aromatic N) is 3. The topological polar surface area (TPSA) is 77.9 Å². The van der Waals surface area contributed by atoms with E-state index in [1.54, 1.807) is 17.0 Å². The standard InChI is InChI=1S/C25H25F3N4O3/c26-25(27,28)21-9-5-4-8-20(21)23(33)31-12-14-32(15-13-31)24(34)30-19-10-11-22(29-16-19)35-17-18-6-2-1-3-7-18/h1-11,16,23,33H,12-15,17H2,(H,30,34). The minimum absolute atomic E-state index is 0.196. The summed E-state index contributed by atoms with van der Waals surface area (Å²) in [7, 11) is 0. The van der Waals surface area contributed by atoms with Gasteiger partial charge in [0.15, 0.2) is 0 Å². The lowest BCUT2D eigenvalue weighted by Gasteiger charge is -2.37. The molecule has 2 N–H and O–H groups in total. The summed E-state index contributed by atoms with van der Waals surface area (Å²) >= 11 is 0. The number of nitrogens with one attached hydrogen (secondary N) is 1. The Kier molecular flexibility index (Phi) is 7.52. The third-order valence-electron chi connectivity index (χ3n) is 5.71. The van der Waals surface area contributed by atoms with Crippen molar-refractivity contribution in [1.82, 2.24) is 14.8 Å². The monoisotopic (exact) mass is 486 g/mol. The molecule has 0 radical (unpaired) electrons. The molecule has 0 bridgehead atoms. The number of carbonyl (C=O) groups excluding carboxylic acids is 1. The number of hydrogen-bond donors (Lipinski definition) is 2. The van der Waals surface area contributed by atoms with Crippen molar-refractivity contribution in [2.75, 3.05) is 31.5 Å². The van der Waals surface area contributed by atoms with Crippen molar-refractivity contribution >= 4 is 11.7 Å². The van der Waals surface area contributed by atoms with Crippen LogP contribution < -0.4 is 10.1 Å². The van der Waals surface area contributed by atoms with Crippen molar-refractivity contribution in [3.05, 3.63) is 89.6 Å². The molecular weight excluding hydrogens is 461 g/mol. The second-order valence-corrected chi connectivity index (χ2v) is 8.07. The van der Waals surface area contributed by atoms with Crippen LogP contribution in [-0.2, 0) is 12.8 Å². The molecule has 1 aliphatic rings. The number of rotatable bonds is 6. The third-order valence-corrected chi connectivity index (χ3v) is 5.71. The van der Waals surface area contributed by atoms with Crippen LogP contribution in [-0.4, -0.2) is 52.1 Å². The smallest absolute Gasteiger partial charge is 0.416 e. The Morgan fingerprint density at radius 1 is 1.00 bits per heavy atom. The highest BCUT2D eigenvalue weighted by atomic mass is 19.4. The first kappa shape index (κ1) is 24.5. The summed E-state index contributed by atoms with van der Waals surface area (Å²) in [4.78, 5) is 19.9. The number of aliphatic hydroxyl groups is 1. The number of pyridine rings is 1. The number of aromatic nitrogens is 1. The predicted octanol–water partition coefficient (Wildman–Crippen LogP) is 4.52. The number of benzene rings is 2. The van der Waals surface area contributed by atoms with Gasteiger partial charge in [-0.25, -0.2) is 9.78 Å². The molecule has 7 nitrogen and oxygen atoms in total. The lowest BCUT2D eigenvalue weighted by molar-refractivity contribution is -0.141. The van der Waals surface area contributed by atoms with Crippen molar-refractivity contribution in [2.24, 2.45) is 0 Å². The highest BCUT2D eigenvalue weighted by Gasteiger charge is 2.36. The average Bonchev–Trinajstić information content (AvgIpc) is 2.88. The minimum atomic E-state index is -4.56. The summed E-state index contributed by atoms with van der Waals surface area (Å²) < 4.78 is 45.5. The first-order chi connectivity index (χ1) is 16.8. The molecule has 184 valence electrons. The van der Waals surface area contributed by atoms with Crippen LogP contribution in [0.2, 0.25) is 0 Å². The molecule has 2 amide bonds. The number of anilines is 1. The SMILES string of the molecule is O=C(Nc1ccc(OCc2ccccc2)nc1)N1CCN(C(O)c2ccccc2C(F)(F)F)CC1. The van der Waals surface area contributed by atoms with Gasteiger partial charge in [-0.15, -0.1) is 0 Å². The Hall–Kier alpha value is -3.63. The van der Waals surface area contributed by atoms with Crippen molar-refractivity contribution in [3.8, 4) is 5.88 Å². The second kappa shape index (κ2) is 10.7. The summed E-state index contributed by atoms with van der Waals surface area (Å²) in [6, 6.07) is 17.6. The van der Waals surface area contributed by atoms with E-state index < -0.39 is 18.0 Å². The van der Waals surface area contributed by atoms with E-state index in [9.17, 15) is 23.1 Å². The van der Waals surface area contributed by atoms with Crippen molar-refractivity contribution in [3.63, 3.8) is 0 Å². The van der Waals surface area contributed by atoms with Gasteiger partial charge in [-0.05, 0) is 17.7 Å². The Morgan fingerprint density at radius 2 is 1.69 bits per heavy atom. The molecule has 4 rings (SSSR count). The number of aliphatic hydroxyl groups excluding tert-OH is 1. The molecule has 0 spiro atoms. The van der Waals surface area contributed by atoms with Gasteiger partial charge < -0.3 is 20.1 Å². The van der Waals surface area contributed by atoms with E-state index in [2.05, 4.69) is 10.3 Å². The van der Waals surface area contributed by atoms with Gasteiger partial charge in [-0.2, -0.15) is 13.2 Å². The lowest BCUT2D eigenvalue weighted by Crippen LogP contribution is -2.51. The quantitative estimate of drug-likeness (QED) is 0.536. The molecule has 1 saturated heterocycles. The predicted molar refractivity (Wildman–Crippen MR) is 124 cm³/mol. The molecule has 1 aliphatic heterocycles. The second-order valence-electron chi connectivity index (χ2n) is 8.07. The molecule has 3 aromatic rings. The van der Waals surface area contributed by atoms with Gasteiger partial charge in [0.2, 0.25) is 5.88 Å². The lowest BCUT2D eigenvalue weighted by atomic mass is 10.0. The van der Waals surface area contributed by atoms with Gasteiger partial charge in [-0.3, -0.25) is 4.90 Å². The molecule has 1 fully saturated rings. The molecule has 2 heterocycles. The van der Waals surface area contributed by atoms with Crippen LogP contribution in [0.25, 0.3) is 0 Å². The zero-order chi connectivity index (χ0) is 24.8. The summed E-state index contributed by atoms with van der Waals surface area (Å²) in [5.74, 6) is 0.425. The number of carbonyl (C=O) groups is 1. The number of hydrogen-bond acceptors (Lipinski definition) is 5. The number of amides is 2. The summed E-state index contributed by atoms with van der Waals surface area (Å²) in [6.07, 6.45) is -4.48. The number of halogens is 3. The molecule has 0 aliphatic carbocycles. The third kappa shape index (κ3) is 6.28. The van der Waals surface area contributed by atoms with E-state index in [1.807, 2.05) is 30.3 Å². The van der Waals surface area contributed by atoms with Crippen LogP contribution >= 0.6 is 0 Å². The van der Waals surface area contributed by atoms with E-state index in [4.69, 9.17) is 4.74 Å². The Bertz CT molecular complexity index is 1120. The molecule has 2 aromatic carbocycles. The van der Waals surface area contributed by atoms with E-state index in [-0.39, 0.29) is 37.8 Å². The average molecular weight is 486 g/mol. The maximum Gasteiger partial charge on any atom is 0.416 e. The fraction of sp³-hybridized carbons (Fsp3) is 0.280. The van der Waals surface area contributed by atoms with Crippen molar-refractivity contribution < 1.29 is 27.8 Å². The van der Waals surface area contributed by atoms with Crippen LogP contribution in [0.1, 0.15) is 22.9 Å². The minimum Gasteiger partial charge on any atom is -0.473 e. The van der Waals surface area contributed by atoms with Crippen molar-refractivity contribution in [1.29, 1.82) is 0 Å². The number of alkyl halides is 3. The molecule has 35 heavy (non-hydrogen) atoms. The normalized spacial score (nSPS) is 15.5. The van der Waals surface area contributed by atoms with Crippen LogP contribution in [0.15, 0.2) is 72.9 Å². The summed E-state index contributed by atoms with van der Waals surface area (Å²) in [5.41, 5.74) is 0.441. The van der Waals surface area contributed by atoms with Gasteiger partial charge in [0.1, 0.15) is 12.8 Å². The molecule has 10 heteroatoms. The van der Waals surface area contributed by atoms with Crippen molar-refractivity contribution in [2.45, 2.75) is 19.0 Å². The maximum absolute atomic E-state index is 13.3. The van der Waals surface area contributed by atoms with E-state index >= 15 is 0 Å². The Balaban J connectivity index is 1.28. The summed E-state index contributed by atoms with van der Waals surface area (Å²) in [6.45, 7) is 1.34. The van der Waals surface area contributed by atoms with Gasteiger partial charge in [0.05, 0.1) is 17.4 Å². The Morgan fingerprint density at radius 3 is 2.34 bits per heavy atom.